The zero-order chi connectivity index (χ0) is 22.3. The zero-order valence-corrected chi connectivity index (χ0v) is 17.9. The normalized spacial score (nSPS) is 10.4. The van der Waals surface area contributed by atoms with Crippen molar-refractivity contribution in [2.24, 2.45) is 0 Å². The highest BCUT2D eigenvalue weighted by atomic mass is 16.5. The lowest BCUT2D eigenvalue weighted by molar-refractivity contribution is 0.0951. The quantitative estimate of drug-likeness (QED) is 0.441. The molecule has 0 aliphatic carbocycles. The number of nitrogens with zero attached hydrogens (tertiary/aromatic N) is 2. The maximum absolute atomic E-state index is 12.6. The Morgan fingerprint density at radius 1 is 0.875 bits per heavy atom. The second-order valence-electron chi connectivity index (χ2n) is 7.26. The van der Waals surface area contributed by atoms with E-state index < -0.39 is 0 Å². The molecule has 0 spiro atoms. The van der Waals surface area contributed by atoms with Gasteiger partial charge in [-0.2, -0.15) is 0 Å². The zero-order valence-electron chi connectivity index (χ0n) is 17.9. The van der Waals surface area contributed by atoms with E-state index in [1.807, 2.05) is 61.5 Å². The van der Waals surface area contributed by atoms with E-state index in [9.17, 15) is 4.79 Å². The van der Waals surface area contributed by atoms with E-state index in [0.29, 0.717) is 35.2 Å². The number of nitrogens with one attached hydrogen (secondary N) is 1. The number of amides is 1. The third-order valence-corrected chi connectivity index (χ3v) is 4.92. The Hall–Kier alpha value is -4.19. The van der Waals surface area contributed by atoms with Gasteiger partial charge in [0.2, 0.25) is 5.88 Å². The topological polar surface area (TPSA) is 73.3 Å². The standard InChI is InChI=1S/C26H23N3O3/c1-18-10-12-19(13-11-18)17-27-26(30)21-7-5-6-20(16-21)22-14-15-25(29-28-22)32-24-9-4-3-8-23(24)31-2/h3-16H,17H2,1-2H3,(H,27,30). The minimum absolute atomic E-state index is 0.142. The van der Waals surface area contributed by atoms with Gasteiger partial charge in [0.05, 0.1) is 12.8 Å². The van der Waals surface area contributed by atoms with E-state index in [0.717, 1.165) is 11.1 Å². The molecule has 0 unspecified atom stereocenters. The van der Waals surface area contributed by atoms with Crippen molar-refractivity contribution < 1.29 is 14.3 Å². The summed E-state index contributed by atoms with van der Waals surface area (Å²) in [4.78, 5) is 12.6. The Labute approximate surface area is 186 Å². The highest BCUT2D eigenvalue weighted by Gasteiger charge is 2.10. The fourth-order valence-corrected chi connectivity index (χ4v) is 3.15. The van der Waals surface area contributed by atoms with Crippen LogP contribution in [0.5, 0.6) is 17.4 Å². The summed E-state index contributed by atoms with van der Waals surface area (Å²) in [6.45, 7) is 2.51. The lowest BCUT2D eigenvalue weighted by atomic mass is 10.1. The van der Waals surface area contributed by atoms with Crippen molar-refractivity contribution in [2.75, 3.05) is 7.11 Å². The molecule has 6 nitrogen and oxygen atoms in total. The summed E-state index contributed by atoms with van der Waals surface area (Å²) < 4.78 is 11.1. The summed E-state index contributed by atoms with van der Waals surface area (Å²) in [7, 11) is 1.58. The van der Waals surface area contributed by atoms with Crippen LogP contribution in [-0.2, 0) is 6.54 Å². The number of methoxy groups -OCH3 is 1. The molecule has 0 fully saturated rings. The Morgan fingerprint density at radius 3 is 2.38 bits per heavy atom. The van der Waals surface area contributed by atoms with Gasteiger partial charge < -0.3 is 14.8 Å². The first kappa shape index (κ1) is 21.1. The largest absolute Gasteiger partial charge is 0.493 e. The van der Waals surface area contributed by atoms with Gasteiger partial charge in [0, 0.05) is 23.7 Å². The smallest absolute Gasteiger partial charge is 0.251 e. The second kappa shape index (κ2) is 9.75. The van der Waals surface area contributed by atoms with Crippen LogP contribution in [0.1, 0.15) is 21.5 Å². The van der Waals surface area contributed by atoms with Gasteiger partial charge in [-0.05, 0) is 42.8 Å². The maximum atomic E-state index is 12.6. The summed E-state index contributed by atoms with van der Waals surface area (Å²) in [5.74, 6) is 1.38. The van der Waals surface area contributed by atoms with Crippen LogP contribution in [0.15, 0.2) is 84.9 Å². The third-order valence-electron chi connectivity index (χ3n) is 4.92. The molecule has 4 aromatic rings. The molecule has 1 aromatic heterocycles. The van der Waals surface area contributed by atoms with Gasteiger partial charge in [-0.15, -0.1) is 10.2 Å². The number of hydrogen-bond acceptors (Lipinski definition) is 5. The minimum Gasteiger partial charge on any atom is -0.493 e. The summed E-state index contributed by atoms with van der Waals surface area (Å²) in [5, 5.41) is 11.4. The molecule has 0 bridgehead atoms. The molecule has 0 atom stereocenters. The van der Waals surface area contributed by atoms with Gasteiger partial charge in [-0.3, -0.25) is 4.79 Å². The van der Waals surface area contributed by atoms with Gasteiger partial charge in [-0.1, -0.05) is 54.1 Å². The predicted molar refractivity (Wildman–Crippen MR) is 123 cm³/mol. The highest BCUT2D eigenvalue weighted by molar-refractivity contribution is 5.95. The Bertz CT molecular complexity index is 1210. The number of ether oxygens (including phenoxy) is 2. The van der Waals surface area contributed by atoms with E-state index in [1.165, 1.54) is 5.56 Å². The summed E-state index contributed by atoms with van der Waals surface area (Å²) in [6.07, 6.45) is 0. The van der Waals surface area contributed by atoms with Gasteiger partial charge >= 0.3 is 0 Å². The van der Waals surface area contributed by atoms with Crippen LogP contribution < -0.4 is 14.8 Å². The molecule has 0 aliphatic rings. The molecule has 6 heteroatoms. The lowest BCUT2D eigenvalue weighted by Crippen LogP contribution is -2.22. The van der Waals surface area contributed by atoms with E-state index in [-0.39, 0.29) is 5.91 Å². The van der Waals surface area contributed by atoms with Crippen LogP contribution in [0.2, 0.25) is 0 Å². The highest BCUT2D eigenvalue weighted by Crippen LogP contribution is 2.30. The molecular formula is C26H23N3O3. The number of benzene rings is 3. The molecule has 1 heterocycles. The lowest BCUT2D eigenvalue weighted by Gasteiger charge is -2.09. The van der Waals surface area contributed by atoms with Crippen LogP contribution in [0, 0.1) is 6.92 Å². The molecule has 0 radical (unpaired) electrons. The Kier molecular flexibility index (Phi) is 6.41. The maximum Gasteiger partial charge on any atom is 0.251 e. The van der Waals surface area contributed by atoms with Crippen LogP contribution in [-0.4, -0.2) is 23.2 Å². The number of carbonyl (C=O) groups is 1. The Balaban J connectivity index is 1.44. The fraction of sp³-hybridized carbons (Fsp3) is 0.115. The summed E-state index contributed by atoms with van der Waals surface area (Å²) in [5.41, 5.74) is 4.24. The van der Waals surface area contributed by atoms with E-state index in [4.69, 9.17) is 9.47 Å². The number of hydrogen-bond donors (Lipinski definition) is 1. The van der Waals surface area contributed by atoms with Crippen molar-refractivity contribution in [1.82, 2.24) is 15.5 Å². The van der Waals surface area contributed by atoms with Crippen molar-refractivity contribution in [3.63, 3.8) is 0 Å². The van der Waals surface area contributed by atoms with E-state index >= 15 is 0 Å². The first-order valence-corrected chi connectivity index (χ1v) is 10.2. The van der Waals surface area contributed by atoms with Crippen LogP contribution >= 0.6 is 0 Å². The molecule has 32 heavy (non-hydrogen) atoms. The molecule has 0 saturated heterocycles. The Morgan fingerprint density at radius 2 is 1.66 bits per heavy atom. The monoisotopic (exact) mass is 425 g/mol. The SMILES string of the molecule is COc1ccccc1Oc1ccc(-c2cccc(C(=O)NCc3ccc(C)cc3)c2)nn1. The van der Waals surface area contributed by atoms with Gasteiger partial charge in [0.1, 0.15) is 0 Å². The van der Waals surface area contributed by atoms with E-state index in [2.05, 4.69) is 15.5 Å². The number of aromatic nitrogens is 2. The number of carbonyl (C=O) groups excluding carboxylic acids is 1. The van der Waals surface area contributed by atoms with Crippen molar-refractivity contribution in [3.05, 3.63) is 102 Å². The van der Waals surface area contributed by atoms with Crippen LogP contribution in [0.4, 0.5) is 0 Å². The van der Waals surface area contributed by atoms with Crippen molar-refractivity contribution in [2.45, 2.75) is 13.5 Å². The molecular weight excluding hydrogens is 402 g/mol. The van der Waals surface area contributed by atoms with Crippen molar-refractivity contribution in [3.8, 4) is 28.6 Å². The minimum atomic E-state index is -0.142. The molecule has 0 saturated carbocycles. The van der Waals surface area contributed by atoms with Crippen LogP contribution in [0.25, 0.3) is 11.3 Å². The van der Waals surface area contributed by atoms with Crippen molar-refractivity contribution in [1.29, 1.82) is 0 Å². The molecule has 3 aromatic carbocycles. The molecule has 4 rings (SSSR count). The first-order chi connectivity index (χ1) is 15.6. The number of aryl methyl sites for hydroxylation is 1. The van der Waals surface area contributed by atoms with Crippen LogP contribution in [0.3, 0.4) is 0 Å². The van der Waals surface area contributed by atoms with E-state index in [1.54, 1.807) is 37.4 Å². The van der Waals surface area contributed by atoms with Gasteiger partial charge in [0.25, 0.3) is 5.91 Å². The predicted octanol–water partition coefficient (Wildman–Crippen LogP) is 5.18. The molecule has 1 amide bonds. The number of para-hydroxylation sites is 2. The third kappa shape index (κ3) is 5.10. The van der Waals surface area contributed by atoms with Gasteiger partial charge in [-0.25, -0.2) is 0 Å². The fourth-order valence-electron chi connectivity index (χ4n) is 3.15. The average Bonchev–Trinajstić information content (AvgIpc) is 2.84. The average molecular weight is 425 g/mol. The van der Waals surface area contributed by atoms with Crippen molar-refractivity contribution >= 4 is 5.91 Å². The van der Waals surface area contributed by atoms with Gasteiger partial charge in [0.15, 0.2) is 11.5 Å². The second-order valence-corrected chi connectivity index (χ2v) is 7.26. The summed E-state index contributed by atoms with van der Waals surface area (Å²) >= 11 is 0. The molecule has 0 aliphatic heterocycles. The summed E-state index contributed by atoms with van der Waals surface area (Å²) in [6, 6.07) is 26.3. The number of rotatable bonds is 7. The molecule has 1 N–H and O–H groups in total. The first-order valence-electron chi connectivity index (χ1n) is 10.2. The molecule has 160 valence electrons.